The van der Waals surface area contributed by atoms with Crippen molar-refractivity contribution < 1.29 is 9.84 Å². The maximum Gasteiger partial charge on any atom is 0.145 e. The molecular formula is C25H18O2. The van der Waals surface area contributed by atoms with E-state index in [1.807, 2.05) is 91.0 Å². The van der Waals surface area contributed by atoms with E-state index in [9.17, 15) is 5.11 Å². The van der Waals surface area contributed by atoms with Gasteiger partial charge >= 0.3 is 0 Å². The Bertz CT molecular complexity index is 1070. The molecule has 1 aliphatic carbocycles. The molecule has 4 aromatic carbocycles. The third-order valence-corrected chi connectivity index (χ3v) is 5.17. The average Bonchev–Trinajstić information content (AvgIpc) is 3.00. The summed E-state index contributed by atoms with van der Waals surface area (Å²) in [5, 5.41) is 12.0. The van der Waals surface area contributed by atoms with E-state index in [2.05, 4.69) is 12.1 Å². The number of fused-ring (bicyclic) bond motifs is 3. The quantitative estimate of drug-likeness (QED) is 0.510. The molecule has 0 spiro atoms. The van der Waals surface area contributed by atoms with Crippen LogP contribution in [0.3, 0.4) is 0 Å². The van der Waals surface area contributed by atoms with Gasteiger partial charge in [-0.3, -0.25) is 0 Å². The van der Waals surface area contributed by atoms with Crippen LogP contribution in [0.2, 0.25) is 0 Å². The molecule has 0 atom stereocenters. The van der Waals surface area contributed by atoms with Gasteiger partial charge in [0.05, 0.1) is 0 Å². The van der Waals surface area contributed by atoms with Crippen molar-refractivity contribution in [3.63, 3.8) is 0 Å². The van der Waals surface area contributed by atoms with Crippen LogP contribution < -0.4 is 4.74 Å². The first-order chi connectivity index (χ1) is 13.3. The van der Waals surface area contributed by atoms with Crippen molar-refractivity contribution in [2.75, 3.05) is 0 Å². The van der Waals surface area contributed by atoms with Crippen molar-refractivity contribution in [1.82, 2.24) is 0 Å². The molecule has 0 unspecified atom stereocenters. The minimum absolute atomic E-state index is 0.651. The number of aliphatic hydroxyl groups is 1. The van der Waals surface area contributed by atoms with Gasteiger partial charge in [-0.2, -0.15) is 0 Å². The predicted octanol–water partition coefficient (Wildman–Crippen LogP) is 5.74. The lowest BCUT2D eigenvalue weighted by Gasteiger charge is -2.28. The van der Waals surface area contributed by atoms with E-state index in [-0.39, 0.29) is 0 Å². The van der Waals surface area contributed by atoms with Gasteiger partial charge in [-0.05, 0) is 29.3 Å². The molecule has 5 rings (SSSR count). The van der Waals surface area contributed by atoms with E-state index in [0.29, 0.717) is 5.75 Å². The molecule has 0 fully saturated rings. The van der Waals surface area contributed by atoms with Gasteiger partial charge in [-0.15, -0.1) is 0 Å². The van der Waals surface area contributed by atoms with Gasteiger partial charge in [0.25, 0.3) is 0 Å². The second kappa shape index (κ2) is 6.11. The van der Waals surface area contributed by atoms with Gasteiger partial charge in [0.2, 0.25) is 0 Å². The van der Waals surface area contributed by atoms with Crippen molar-refractivity contribution in [2.24, 2.45) is 0 Å². The summed E-state index contributed by atoms with van der Waals surface area (Å²) in [5.74, 6) is 1.39. The zero-order chi connectivity index (χ0) is 18.3. The van der Waals surface area contributed by atoms with Crippen LogP contribution in [-0.4, -0.2) is 5.11 Å². The van der Waals surface area contributed by atoms with Crippen molar-refractivity contribution >= 4 is 0 Å². The fourth-order valence-electron chi connectivity index (χ4n) is 3.97. The Balaban J connectivity index is 1.74. The van der Waals surface area contributed by atoms with Crippen molar-refractivity contribution in [3.8, 4) is 22.6 Å². The molecule has 1 aliphatic rings. The zero-order valence-corrected chi connectivity index (χ0v) is 14.7. The standard InChI is InChI=1S/C25H18O2/c26-25(21-14-6-4-12-19(21)20-13-5-7-15-22(20)25)23-16-8-9-17-24(23)27-18-10-2-1-3-11-18/h1-17,26H. The number of para-hydroxylation sites is 2. The number of benzene rings is 4. The van der Waals surface area contributed by atoms with Crippen LogP contribution in [0.15, 0.2) is 103 Å². The van der Waals surface area contributed by atoms with E-state index >= 15 is 0 Å². The Morgan fingerprint density at radius 3 is 1.63 bits per heavy atom. The summed E-state index contributed by atoms with van der Waals surface area (Å²) in [4.78, 5) is 0. The van der Waals surface area contributed by atoms with Crippen LogP contribution in [0.5, 0.6) is 11.5 Å². The average molecular weight is 350 g/mol. The SMILES string of the molecule is OC1(c2ccccc2Oc2ccccc2)c2ccccc2-c2ccccc21. The third-order valence-electron chi connectivity index (χ3n) is 5.17. The summed E-state index contributed by atoms with van der Waals surface area (Å²) >= 11 is 0. The van der Waals surface area contributed by atoms with Gasteiger partial charge in [0.15, 0.2) is 0 Å². The maximum atomic E-state index is 12.0. The smallest absolute Gasteiger partial charge is 0.145 e. The van der Waals surface area contributed by atoms with Gasteiger partial charge in [-0.25, -0.2) is 0 Å². The van der Waals surface area contributed by atoms with Crippen LogP contribution in [0.25, 0.3) is 11.1 Å². The van der Waals surface area contributed by atoms with Gasteiger partial charge in [0.1, 0.15) is 17.1 Å². The highest BCUT2D eigenvalue weighted by Crippen LogP contribution is 2.52. The lowest BCUT2D eigenvalue weighted by atomic mass is 9.84. The van der Waals surface area contributed by atoms with Gasteiger partial charge in [0, 0.05) is 16.7 Å². The molecule has 27 heavy (non-hydrogen) atoms. The molecule has 130 valence electrons. The molecule has 0 aliphatic heterocycles. The van der Waals surface area contributed by atoms with E-state index < -0.39 is 5.60 Å². The van der Waals surface area contributed by atoms with Crippen LogP contribution in [0.1, 0.15) is 16.7 Å². The Kier molecular flexibility index (Phi) is 3.59. The summed E-state index contributed by atoms with van der Waals surface area (Å²) < 4.78 is 6.16. The zero-order valence-electron chi connectivity index (χ0n) is 14.7. The number of rotatable bonds is 3. The van der Waals surface area contributed by atoms with Crippen molar-refractivity contribution in [2.45, 2.75) is 5.60 Å². The minimum Gasteiger partial charge on any atom is -0.457 e. The maximum absolute atomic E-state index is 12.0. The normalized spacial score (nSPS) is 13.7. The first-order valence-electron chi connectivity index (χ1n) is 9.02. The highest BCUT2D eigenvalue weighted by molar-refractivity contribution is 5.82. The van der Waals surface area contributed by atoms with Gasteiger partial charge < -0.3 is 9.84 Å². The Labute approximate surface area is 158 Å². The van der Waals surface area contributed by atoms with Crippen LogP contribution in [-0.2, 0) is 5.60 Å². The molecule has 0 amide bonds. The largest absolute Gasteiger partial charge is 0.457 e. The summed E-state index contributed by atoms with van der Waals surface area (Å²) in [6, 6.07) is 33.4. The molecule has 4 aromatic rings. The molecule has 0 saturated heterocycles. The number of hydrogen-bond acceptors (Lipinski definition) is 2. The summed E-state index contributed by atoms with van der Waals surface area (Å²) in [6.45, 7) is 0. The molecule has 0 bridgehead atoms. The fourth-order valence-corrected chi connectivity index (χ4v) is 3.97. The Hall–Kier alpha value is -3.36. The summed E-state index contributed by atoms with van der Waals surface area (Å²) in [6.07, 6.45) is 0. The number of ether oxygens (including phenoxy) is 1. The highest BCUT2D eigenvalue weighted by atomic mass is 16.5. The lowest BCUT2D eigenvalue weighted by molar-refractivity contribution is 0.128. The first-order valence-corrected chi connectivity index (χ1v) is 9.02. The summed E-state index contributed by atoms with van der Waals surface area (Å²) in [5.41, 5.74) is 3.38. The molecule has 0 radical (unpaired) electrons. The van der Waals surface area contributed by atoms with Crippen LogP contribution >= 0.6 is 0 Å². The molecule has 1 N–H and O–H groups in total. The highest BCUT2D eigenvalue weighted by Gasteiger charge is 2.44. The second-order valence-corrected chi connectivity index (χ2v) is 6.71. The molecule has 0 saturated carbocycles. The van der Waals surface area contributed by atoms with Crippen molar-refractivity contribution in [1.29, 1.82) is 0 Å². The molecular weight excluding hydrogens is 332 g/mol. The number of hydrogen-bond donors (Lipinski definition) is 1. The predicted molar refractivity (Wildman–Crippen MR) is 107 cm³/mol. The van der Waals surface area contributed by atoms with Crippen LogP contribution in [0.4, 0.5) is 0 Å². The molecule has 0 aromatic heterocycles. The Morgan fingerprint density at radius 1 is 0.519 bits per heavy atom. The van der Waals surface area contributed by atoms with E-state index in [1.54, 1.807) is 0 Å². The Morgan fingerprint density at radius 2 is 1.00 bits per heavy atom. The monoisotopic (exact) mass is 350 g/mol. The minimum atomic E-state index is -1.25. The van der Waals surface area contributed by atoms with Crippen molar-refractivity contribution in [3.05, 3.63) is 120 Å². The van der Waals surface area contributed by atoms with E-state index in [4.69, 9.17) is 4.74 Å². The molecule has 2 nitrogen and oxygen atoms in total. The fraction of sp³-hybridized carbons (Fsp3) is 0.0400. The summed E-state index contributed by atoms with van der Waals surface area (Å²) in [7, 11) is 0. The second-order valence-electron chi connectivity index (χ2n) is 6.71. The van der Waals surface area contributed by atoms with Crippen LogP contribution in [0, 0.1) is 0 Å². The molecule has 2 heteroatoms. The third kappa shape index (κ3) is 2.38. The molecule has 0 heterocycles. The van der Waals surface area contributed by atoms with Gasteiger partial charge in [-0.1, -0.05) is 84.9 Å². The first kappa shape index (κ1) is 15.9. The topological polar surface area (TPSA) is 29.5 Å². The van der Waals surface area contributed by atoms with E-state index in [1.165, 1.54) is 0 Å². The van der Waals surface area contributed by atoms with E-state index in [0.717, 1.165) is 33.6 Å². The lowest BCUT2D eigenvalue weighted by Crippen LogP contribution is -2.26.